The molecule has 1 saturated heterocycles. The van der Waals surface area contributed by atoms with E-state index in [1.807, 2.05) is 42.5 Å². The minimum absolute atomic E-state index is 0.0188. The summed E-state index contributed by atoms with van der Waals surface area (Å²) in [7, 11) is 3.47. The van der Waals surface area contributed by atoms with Gasteiger partial charge in [-0.3, -0.25) is 14.7 Å². The zero-order valence-electron chi connectivity index (χ0n) is 16.1. The summed E-state index contributed by atoms with van der Waals surface area (Å²) in [6.45, 7) is 2.09. The molecule has 1 aliphatic rings. The second kappa shape index (κ2) is 7.52. The number of nitrogens with zero attached hydrogens (tertiary/aromatic N) is 3. The van der Waals surface area contributed by atoms with Crippen LogP contribution in [0.2, 0.25) is 0 Å². The Labute approximate surface area is 169 Å². The van der Waals surface area contributed by atoms with Gasteiger partial charge in [-0.1, -0.05) is 48.5 Å². The molecule has 4 nitrogen and oxygen atoms in total. The van der Waals surface area contributed by atoms with Gasteiger partial charge in [0, 0.05) is 31.0 Å². The molecular weight excluding hydrogens is 366 g/mol. The molecule has 0 saturated carbocycles. The van der Waals surface area contributed by atoms with Crippen LogP contribution in [0.3, 0.4) is 0 Å². The first-order chi connectivity index (χ1) is 13.6. The van der Waals surface area contributed by atoms with Gasteiger partial charge < -0.3 is 4.57 Å². The van der Waals surface area contributed by atoms with Crippen molar-refractivity contribution >= 4 is 28.9 Å². The van der Waals surface area contributed by atoms with Crippen molar-refractivity contribution in [2.45, 2.75) is 6.92 Å². The summed E-state index contributed by atoms with van der Waals surface area (Å²) < 4.78 is 2.24. The summed E-state index contributed by atoms with van der Waals surface area (Å²) in [5, 5.41) is 0.719. The van der Waals surface area contributed by atoms with Gasteiger partial charge in [0.25, 0.3) is 5.91 Å². The first-order valence-electron chi connectivity index (χ1n) is 9.07. The van der Waals surface area contributed by atoms with Crippen LogP contribution in [0, 0.1) is 6.92 Å². The van der Waals surface area contributed by atoms with E-state index in [1.165, 1.54) is 11.8 Å². The zero-order chi connectivity index (χ0) is 19.7. The zero-order valence-corrected chi connectivity index (χ0v) is 16.9. The highest BCUT2D eigenvalue weighted by Gasteiger charge is 2.30. The Hall–Kier alpha value is -3.05. The average Bonchev–Trinajstić information content (AvgIpc) is 3.20. The van der Waals surface area contributed by atoms with Crippen molar-refractivity contribution in [1.29, 1.82) is 0 Å². The molecule has 3 aromatic rings. The molecule has 1 aromatic heterocycles. The number of hydrogen-bond acceptors (Lipinski definition) is 3. The number of aryl methyl sites for hydroxylation is 1. The van der Waals surface area contributed by atoms with Gasteiger partial charge in [-0.2, -0.15) is 0 Å². The summed E-state index contributed by atoms with van der Waals surface area (Å²) in [6.07, 6.45) is 1.98. The Morgan fingerprint density at radius 2 is 1.64 bits per heavy atom. The minimum Gasteiger partial charge on any atom is -0.313 e. The standard InChI is InChI=1S/C23H21N3OS/c1-16-14-18(15-20-22(27)25(3)23(24-2)28-20)21(17-10-6-4-7-11-17)26(16)19-12-8-5-9-13-19/h4-15H,1-3H3/b20-15-,24-23?. The number of carbonyl (C=O) groups excluding carboxylic acids is 1. The summed E-state index contributed by atoms with van der Waals surface area (Å²) >= 11 is 1.41. The highest BCUT2D eigenvalue weighted by atomic mass is 32.2. The smallest absolute Gasteiger partial charge is 0.266 e. The number of hydrogen-bond donors (Lipinski definition) is 0. The normalized spacial score (nSPS) is 17.1. The van der Waals surface area contributed by atoms with Crippen molar-refractivity contribution in [3.8, 4) is 16.9 Å². The fourth-order valence-electron chi connectivity index (χ4n) is 3.47. The molecule has 0 bridgehead atoms. The van der Waals surface area contributed by atoms with Gasteiger partial charge in [0.2, 0.25) is 0 Å². The molecular formula is C23H21N3OS. The van der Waals surface area contributed by atoms with Gasteiger partial charge >= 0.3 is 0 Å². The average molecular weight is 388 g/mol. The molecule has 2 aromatic carbocycles. The number of benzene rings is 2. The van der Waals surface area contributed by atoms with E-state index in [4.69, 9.17) is 0 Å². The van der Waals surface area contributed by atoms with E-state index in [2.05, 4.69) is 46.8 Å². The Bertz CT molecular complexity index is 1080. The van der Waals surface area contributed by atoms with Crippen LogP contribution in [-0.4, -0.2) is 34.6 Å². The second-order valence-corrected chi connectivity index (χ2v) is 7.62. The van der Waals surface area contributed by atoms with Crippen molar-refractivity contribution in [1.82, 2.24) is 9.47 Å². The lowest BCUT2D eigenvalue weighted by Gasteiger charge is -2.13. The van der Waals surface area contributed by atoms with Crippen LogP contribution in [-0.2, 0) is 4.79 Å². The first kappa shape index (κ1) is 18.3. The second-order valence-electron chi connectivity index (χ2n) is 6.61. The van der Waals surface area contributed by atoms with Crippen LogP contribution >= 0.6 is 11.8 Å². The SMILES string of the molecule is CN=C1S/C(=C\c2cc(C)n(-c3ccccc3)c2-c2ccccc2)C(=O)N1C. The molecule has 0 spiro atoms. The summed E-state index contributed by atoms with van der Waals surface area (Å²) in [5.41, 5.74) is 5.43. The highest BCUT2D eigenvalue weighted by Crippen LogP contribution is 2.36. The molecule has 1 amide bonds. The van der Waals surface area contributed by atoms with Crippen LogP contribution in [0.1, 0.15) is 11.3 Å². The van der Waals surface area contributed by atoms with E-state index >= 15 is 0 Å². The van der Waals surface area contributed by atoms with E-state index in [0.29, 0.717) is 4.91 Å². The highest BCUT2D eigenvalue weighted by molar-refractivity contribution is 8.18. The molecule has 5 heteroatoms. The fraction of sp³-hybridized carbons (Fsp3) is 0.130. The maximum absolute atomic E-state index is 12.6. The fourth-order valence-corrected chi connectivity index (χ4v) is 4.38. The maximum Gasteiger partial charge on any atom is 0.266 e. The van der Waals surface area contributed by atoms with Crippen molar-refractivity contribution in [2.75, 3.05) is 14.1 Å². The third-order valence-electron chi connectivity index (χ3n) is 4.76. The molecule has 0 radical (unpaired) electrons. The van der Waals surface area contributed by atoms with Crippen LogP contribution in [0.15, 0.2) is 76.6 Å². The van der Waals surface area contributed by atoms with E-state index in [9.17, 15) is 4.79 Å². The Morgan fingerprint density at radius 1 is 1.00 bits per heavy atom. The van der Waals surface area contributed by atoms with Crippen LogP contribution in [0.25, 0.3) is 23.0 Å². The quantitative estimate of drug-likeness (QED) is 0.594. The third-order valence-corrected chi connectivity index (χ3v) is 5.91. The molecule has 2 heterocycles. The first-order valence-corrected chi connectivity index (χ1v) is 9.89. The third kappa shape index (κ3) is 3.18. The summed E-state index contributed by atoms with van der Waals surface area (Å²) in [6, 6.07) is 22.7. The molecule has 4 rings (SSSR count). The largest absolute Gasteiger partial charge is 0.313 e. The summed E-state index contributed by atoms with van der Waals surface area (Å²) in [5.74, 6) is -0.0188. The lowest BCUT2D eigenvalue weighted by Crippen LogP contribution is -2.23. The van der Waals surface area contributed by atoms with Gasteiger partial charge in [0.1, 0.15) is 0 Å². The van der Waals surface area contributed by atoms with Gasteiger partial charge in [-0.25, -0.2) is 0 Å². The van der Waals surface area contributed by atoms with Crippen molar-refractivity contribution in [3.05, 3.63) is 82.9 Å². The van der Waals surface area contributed by atoms with Crippen LogP contribution in [0.5, 0.6) is 0 Å². The van der Waals surface area contributed by atoms with Gasteiger partial charge in [0.05, 0.1) is 10.6 Å². The number of amidine groups is 1. The number of carbonyl (C=O) groups is 1. The molecule has 28 heavy (non-hydrogen) atoms. The maximum atomic E-state index is 12.6. The Kier molecular flexibility index (Phi) is 4.92. The van der Waals surface area contributed by atoms with Gasteiger partial charge in [0.15, 0.2) is 5.17 Å². The van der Waals surface area contributed by atoms with Crippen LogP contribution in [0.4, 0.5) is 0 Å². The van der Waals surface area contributed by atoms with E-state index in [0.717, 1.165) is 33.4 Å². The molecule has 1 fully saturated rings. The predicted molar refractivity (Wildman–Crippen MR) is 118 cm³/mol. The summed E-state index contributed by atoms with van der Waals surface area (Å²) in [4.78, 5) is 19.1. The van der Waals surface area contributed by atoms with Gasteiger partial charge in [-0.15, -0.1) is 0 Å². The Morgan fingerprint density at radius 3 is 2.25 bits per heavy atom. The monoisotopic (exact) mass is 387 g/mol. The number of rotatable bonds is 3. The van der Waals surface area contributed by atoms with E-state index < -0.39 is 0 Å². The predicted octanol–water partition coefficient (Wildman–Crippen LogP) is 4.98. The molecule has 0 atom stereocenters. The van der Waals surface area contributed by atoms with Crippen molar-refractivity contribution in [3.63, 3.8) is 0 Å². The van der Waals surface area contributed by atoms with Crippen LogP contribution < -0.4 is 0 Å². The molecule has 0 N–H and O–H groups in total. The van der Waals surface area contributed by atoms with Gasteiger partial charge in [-0.05, 0) is 48.5 Å². The van der Waals surface area contributed by atoms with E-state index in [1.54, 1.807) is 19.0 Å². The lowest BCUT2D eigenvalue weighted by atomic mass is 10.1. The Balaban J connectivity index is 1.92. The molecule has 1 aliphatic heterocycles. The topological polar surface area (TPSA) is 37.6 Å². The molecule has 0 aliphatic carbocycles. The number of thioether (sulfide) groups is 1. The van der Waals surface area contributed by atoms with Crippen molar-refractivity contribution < 1.29 is 4.79 Å². The number of aromatic nitrogens is 1. The number of para-hydroxylation sites is 1. The lowest BCUT2D eigenvalue weighted by molar-refractivity contribution is -0.121. The minimum atomic E-state index is -0.0188. The number of amides is 1. The number of aliphatic imine (C=N–C) groups is 1. The number of likely N-dealkylation sites (N-methyl/N-ethyl adjacent to an activating group) is 1. The van der Waals surface area contributed by atoms with E-state index in [-0.39, 0.29) is 5.91 Å². The van der Waals surface area contributed by atoms with Crippen molar-refractivity contribution in [2.24, 2.45) is 4.99 Å². The molecule has 0 unspecified atom stereocenters. The molecule has 140 valence electrons.